The smallest absolute Gasteiger partial charge is 0.273 e. The Morgan fingerprint density at radius 3 is 2.75 bits per heavy atom. The monoisotopic (exact) mass is 322 g/mol. The van der Waals surface area contributed by atoms with Gasteiger partial charge in [-0.3, -0.25) is 20.5 Å². The van der Waals surface area contributed by atoms with E-state index in [2.05, 4.69) is 15.5 Å². The van der Waals surface area contributed by atoms with E-state index in [0.29, 0.717) is 22.6 Å². The summed E-state index contributed by atoms with van der Waals surface area (Å²) in [6.07, 6.45) is 4.85. The molecule has 0 amide bonds. The summed E-state index contributed by atoms with van der Waals surface area (Å²) in [7, 11) is 0. The predicted molar refractivity (Wildman–Crippen MR) is 91.0 cm³/mol. The lowest BCUT2D eigenvalue weighted by Crippen LogP contribution is -1.91. The number of benzene rings is 1. The second-order valence-corrected chi connectivity index (χ2v) is 5.07. The van der Waals surface area contributed by atoms with Crippen LogP contribution in [0.25, 0.3) is 11.3 Å². The van der Waals surface area contributed by atoms with E-state index in [9.17, 15) is 10.1 Å². The van der Waals surface area contributed by atoms with E-state index in [4.69, 9.17) is 4.42 Å². The number of hydrogen-bond acceptors (Lipinski definition) is 6. The summed E-state index contributed by atoms with van der Waals surface area (Å²) in [5, 5.41) is 15.1. The molecule has 0 aliphatic rings. The molecule has 1 N–H and O–H groups in total. The summed E-state index contributed by atoms with van der Waals surface area (Å²) in [4.78, 5) is 14.5. The number of aromatic nitrogens is 1. The first-order valence-corrected chi connectivity index (χ1v) is 7.18. The highest BCUT2D eigenvalue weighted by atomic mass is 16.6. The van der Waals surface area contributed by atoms with Gasteiger partial charge in [-0.25, -0.2) is 0 Å². The SMILES string of the molecule is Cc1ccc(-c2ccc(/C=N/Nc3ccncc3)o2)cc1[N+](=O)[O-]. The lowest BCUT2D eigenvalue weighted by molar-refractivity contribution is -0.385. The van der Waals surface area contributed by atoms with Crippen LogP contribution in [0.2, 0.25) is 0 Å². The molecule has 0 saturated heterocycles. The van der Waals surface area contributed by atoms with Gasteiger partial charge in [0.25, 0.3) is 5.69 Å². The number of nitrogens with one attached hydrogen (secondary N) is 1. The van der Waals surface area contributed by atoms with Gasteiger partial charge in [-0.05, 0) is 31.2 Å². The predicted octanol–water partition coefficient (Wildman–Crippen LogP) is 4.00. The summed E-state index contributed by atoms with van der Waals surface area (Å²) in [6, 6.07) is 12.1. The Hall–Kier alpha value is -3.48. The summed E-state index contributed by atoms with van der Waals surface area (Å²) >= 11 is 0. The lowest BCUT2D eigenvalue weighted by atomic mass is 10.1. The van der Waals surface area contributed by atoms with Gasteiger partial charge >= 0.3 is 0 Å². The third-order valence-corrected chi connectivity index (χ3v) is 3.38. The van der Waals surface area contributed by atoms with E-state index < -0.39 is 4.92 Å². The molecule has 0 saturated carbocycles. The van der Waals surface area contributed by atoms with Crippen molar-refractivity contribution in [2.75, 3.05) is 5.43 Å². The Balaban J connectivity index is 1.76. The molecule has 0 fully saturated rings. The first-order chi connectivity index (χ1) is 11.6. The van der Waals surface area contributed by atoms with Gasteiger partial charge in [0.05, 0.1) is 16.8 Å². The largest absolute Gasteiger partial charge is 0.455 e. The number of nitro groups is 1. The Bertz CT molecular complexity index is 888. The van der Waals surface area contributed by atoms with Crippen molar-refractivity contribution >= 4 is 17.6 Å². The molecule has 0 unspecified atom stereocenters. The quantitative estimate of drug-likeness (QED) is 0.435. The Labute approximate surface area is 137 Å². The summed E-state index contributed by atoms with van der Waals surface area (Å²) in [5.74, 6) is 1.08. The normalized spacial score (nSPS) is 10.9. The first-order valence-electron chi connectivity index (χ1n) is 7.18. The minimum absolute atomic E-state index is 0.0680. The van der Waals surface area contributed by atoms with Gasteiger partial charge in [-0.15, -0.1) is 0 Å². The minimum Gasteiger partial charge on any atom is -0.455 e. The van der Waals surface area contributed by atoms with Gasteiger partial charge in [0.2, 0.25) is 0 Å². The van der Waals surface area contributed by atoms with Crippen molar-refractivity contribution in [3.8, 4) is 11.3 Å². The third kappa shape index (κ3) is 3.46. The van der Waals surface area contributed by atoms with E-state index in [1.807, 2.05) is 0 Å². The fourth-order valence-corrected chi connectivity index (χ4v) is 2.13. The molecule has 7 heteroatoms. The summed E-state index contributed by atoms with van der Waals surface area (Å²) in [6.45, 7) is 1.70. The topological polar surface area (TPSA) is 93.6 Å². The summed E-state index contributed by atoms with van der Waals surface area (Å²) in [5.41, 5.74) is 4.99. The second kappa shape index (κ2) is 6.74. The van der Waals surface area contributed by atoms with Crippen molar-refractivity contribution in [2.45, 2.75) is 6.92 Å². The van der Waals surface area contributed by atoms with Crippen molar-refractivity contribution < 1.29 is 9.34 Å². The number of furan rings is 1. The average molecular weight is 322 g/mol. The number of anilines is 1. The maximum absolute atomic E-state index is 11.0. The van der Waals surface area contributed by atoms with Gasteiger partial charge in [-0.2, -0.15) is 5.10 Å². The molecule has 7 nitrogen and oxygen atoms in total. The molecule has 1 aromatic carbocycles. The molecule has 0 spiro atoms. The van der Waals surface area contributed by atoms with E-state index in [-0.39, 0.29) is 5.69 Å². The van der Waals surface area contributed by atoms with Crippen molar-refractivity contribution in [1.29, 1.82) is 0 Å². The zero-order valence-electron chi connectivity index (χ0n) is 12.8. The van der Waals surface area contributed by atoms with Crippen LogP contribution in [0.3, 0.4) is 0 Å². The fourth-order valence-electron chi connectivity index (χ4n) is 2.13. The van der Waals surface area contributed by atoms with Crippen molar-refractivity contribution in [3.05, 3.63) is 76.3 Å². The van der Waals surface area contributed by atoms with Crippen LogP contribution in [0, 0.1) is 17.0 Å². The van der Waals surface area contributed by atoms with Crippen LogP contribution in [-0.2, 0) is 0 Å². The Morgan fingerprint density at radius 2 is 2.00 bits per heavy atom. The number of nitrogens with zero attached hydrogens (tertiary/aromatic N) is 3. The Morgan fingerprint density at radius 1 is 1.21 bits per heavy atom. The van der Waals surface area contributed by atoms with Crippen LogP contribution < -0.4 is 5.43 Å². The number of hydrazone groups is 1. The molecule has 24 heavy (non-hydrogen) atoms. The number of rotatable bonds is 5. The molecule has 0 aliphatic heterocycles. The maximum Gasteiger partial charge on any atom is 0.273 e. The van der Waals surface area contributed by atoms with E-state index in [1.165, 1.54) is 12.3 Å². The van der Waals surface area contributed by atoms with Gasteiger partial charge in [0, 0.05) is 29.6 Å². The van der Waals surface area contributed by atoms with Gasteiger partial charge in [0.1, 0.15) is 11.5 Å². The number of aryl methyl sites for hydroxylation is 1. The molecule has 3 aromatic rings. The number of pyridine rings is 1. The highest BCUT2D eigenvalue weighted by Gasteiger charge is 2.13. The minimum atomic E-state index is -0.400. The van der Waals surface area contributed by atoms with Crippen molar-refractivity contribution in [1.82, 2.24) is 4.98 Å². The van der Waals surface area contributed by atoms with E-state index >= 15 is 0 Å². The van der Waals surface area contributed by atoms with Crippen molar-refractivity contribution in [2.24, 2.45) is 5.10 Å². The average Bonchev–Trinajstić information content (AvgIpc) is 3.05. The Kier molecular flexibility index (Phi) is 4.33. The number of nitro benzene ring substituents is 1. The fraction of sp³-hybridized carbons (Fsp3) is 0.0588. The van der Waals surface area contributed by atoms with Gasteiger partial charge < -0.3 is 4.42 Å². The molecular weight excluding hydrogens is 308 g/mol. The molecule has 120 valence electrons. The maximum atomic E-state index is 11.0. The second-order valence-electron chi connectivity index (χ2n) is 5.07. The lowest BCUT2D eigenvalue weighted by Gasteiger charge is -2.00. The van der Waals surface area contributed by atoms with E-state index in [0.717, 1.165) is 5.69 Å². The van der Waals surface area contributed by atoms with Crippen molar-refractivity contribution in [3.63, 3.8) is 0 Å². The van der Waals surface area contributed by atoms with Crippen LogP contribution in [0.5, 0.6) is 0 Å². The van der Waals surface area contributed by atoms with Crippen LogP contribution in [0.15, 0.2) is 64.4 Å². The highest BCUT2D eigenvalue weighted by molar-refractivity contribution is 5.78. The molecule has 2 aromatic heterocycles. The summed E-state index contributed by atoms with van der Waals surface area (Å²) < 4.78 is 5.66. The zero-order valence-corrected chi connectivity index (χ0v) is 12.8. The number of hydrogen-bond donors (Lipinski definition) is 1. The van der Waals surface area contributed by atoms with Crippen LogP contribution >= 0.6 is 0 Å². The molecule has 3 rings (SSSR count). The molecular formula is C17H14N4O3. The highest BCUT2D eigenvalue weighted by Crippen LogP contribution is 2.27. The molecule has 0 aliphatic carbocycles. The molecule has 0 radical (unpaired) electrons. The molecule has 0 bridgehead atoms. The third-order valence-electron chi connectivity index (χ3n) is 3.38. The van der Waals surface area contributed by atoms with Gasteiger partial charge in [-0.1, -0.05) is 12.1 Å². The van der Waals surface area contributed by atoms with Crippen LogP contribution in [0.4, 0.5) is 11.4 Å². The molecule has 0 atom stereocenters. The van der Waals surface area contributed by atoms with Gasteiger partial charge in [0.15, 0.2) is 0 Å². The van der Waals surface area contributed by atoms with E-state index in [1.54, 1.807) is 55.7 Å². The molecule has 2 heterocycles. The zero-order chi connectivity index (χ0) is 16.9. The van der Waals surface area contributed by atoms with Crippen LogP contribution in [0.1, 0.15) is 11.3 Å². The standard InChI is InChI=1S/C17H14N4O3/c1-12-2-3-13(10-16(12)21(22)23)17-5-4-15(24-17)11-19-20-14-6-8-18-9-7-14/h2-11H,1H3,(H,18,20)/b19-11+. The first kappa shape index (κ1) is 15.4. The van der Waals surface area contributed by atoms with Crippen LogP contribution in [-0.4, -0.2) is 16.1 Å².